The molecule has 0 spiro atoms. The summed E-state index contributed by atoms with van der Waals surface area (Å²) >= 11 is 0. The lowest BCUT2D eigenvalue weighted by molar-refractivity contribution is 0.0858. The lowest BCUT2D eigenvalue weighted by Gasteiger charge is -2.10. The molecule has 0 radical (unpaired) electrons. The van der Waals surface area contributed by atoms with E-state index >= 15 is 0 Å². The summed E-state index contributed by atoms with van der Waals surface area (Å²) in [6.07, 6.45) is 2.23. The molecule has 1 saturated heterocycles. The summed E-state index contributed by atoms with van der Waals surface area (Å²) in [5, 5.41) is 6.63. The van der Waals surface area contributed by atoms with Crippen molar-refractivity contribution >= 4 is 5.91 Å². The molecule has 1 amide bonds. The summed E-state index contributed by atoms with van der Waals surface area (Å²) in [5.74, 6) is 0.945. The minimum atomic E-state index is -0.0984. The molecule has 1 fully saturated rings. The molecular weight excluding hydrogens is 270 g/mol. The highest BCUT2D eigenvalue weighted by Crippen LogP contribution is 2.17. The predicted molar refractivity (Wildman–Crippen MR) is 75.8 cm³/mol. The molecule has 1 unspecified atom stereocenters. The van der Waals surface area contributed by atoms with Crippen LogP contribution in [0.2, 0.25) is 0 Å². The number of amides is 1. The Morgan fingerprint density at radius 3 is 2.81 bits per heavy atom. The van der Waals surface area contributed by atoms with Gasteiger partial charge in [-0.15, -0.1) is 0 Å². The Balaban J connectivity index is 1.61. The molecule has 6 heteroatoms. The third-order valence-corrected chi connectivity index (χ3v) is 3.44. The van der Waals surface area contributed by atoms with Gasteiger partial charge < -0.3 is 14.6 Å². The molecule has 6 nitrogen and oxygen atoms in total. The molecule has 21 heavy (non-hydrogen) atoms. The van der Waals surface area contributed by atoms with Crippen molar-refractivity contribution in [2.75, 3.05) is 13.2 Å². The average molecular weight is 287 g/mol. The second-order valence-corrected chi connectivity index (χ2v) is 5.07. The largest absolute Gasteiger partial charge is 0.376 e. The maximum absolute atomic E-state index is 12.0. The van der Waals surface area contributed by atoms with Crippen LogP contribution in [0.3, 0.4) is 0 Å². The third kappa shape index (κ3) is 3.28. The Bertz CT molecular complexity index is 615. The van der Waals surface area contributed by atoms with Gasteiger partial charge in [-0.05, 0) is 44.0 Å². The first-order valence-electron chi connectivity index (χ1n) is 7.03. The van der Waals surface area contributed by atoms with Gasteiger partial charge in [0, 0.05) is 24.3 Å². The van der Waals surface area contributed by atoms with Gasteiger partial charge in [0.05, 0.1) is 6.10 Å². The maximum atomic E-state index is 12.0. The Hall–Kier alpha value is -2.21. The molecule has 0 aliphatic carbocycles. The van der Waals surface area contributed by atoms with Crippen molar-refractivity contribution in [1.29, 1.82) is 0 Å². The van der Waals surface area contributed by atoms with E-state index < -0.39 is 0 Å². The molecule has 1 aliphatic heterocycles. The van der Waals surface area contributed by atoms with Gasteiger partial charge >= 0.3 is 0 Å². The number of hydrogen-bond acceptors (Lipinski definition) is 5. The lowest BCUT2D eigenvalue weighted by Crippen LogP contribution is -2.31. The molecule has 3 rings (SSSR count). The summed E-state index contributed by atoms with van der Waals surface area (Å²) in [6.45, 7) is 3.11. The second kappa shape index (κ2) is 6.05. The zero-order valence-corrected chi connectivity index (χ0v) is 11.8. The number of aryl methyl sites for hydroxylation is 1. The van der Waals surface area contributed by atoms with Gasteiger partial charge in [-0.2, -0.15) is 4.98 Å². The van der Waals surface area contributed by atoms with Gasteiger partial charge in [0.1, 0.15) is 0 Å². The van der Waals surface area contributed by atoms with Crippen molar-refractivity contribution in [3.05, 3.63) is 35.7 Å². The Kier molecular flexibility index (Phi) is 3.96. The van der Waals surface area contributed by atoms with Crippen LogP contribution in [0.4, 0.5) is 0 Å². The topological polar surface area (TPSA) is 77.2 Å². The number of benzene rings is 1. The minimum absolute atomic E-state index is 0.0984. The molecule has 0 bridgehead atoms. The van der Waals surface area contributed by atoms with Crippen molar-refractivity contribution in [3.63, 3.8) is 0 Å². The molecule has 1 aromatic carbocycles. The number of nitrogens with one attached hydrogen (secondary N) is 1. The smallest absolute Gasteiger partial charge is 0.257 e. The van der Waals surface area contributed by atoms with Gasteiger partial charge in [0.25, 0.3) is 11.8 Å². The number of hydrogen-bond donors (Lipinski definition) is 1. The van der Waals surface area contributed by atoms with E-state index in [1.165, 1.54) is 0 Å². The highest BCUT2D eigenvalue weighted by molar-refractivity contribution is 5.94. The van der Waals surface area contributed by atoms with Crippen molar-refractivity contribution in [2.24, 2.45) is 0 Å². The quantitative estimate of drug-likeness (QED) is 0.930. The van der Waals surface area contributed by atoms with Crippen LogP contribution in [0.1, 0.15) is 29.0 Å². The third-order valence-electron chi connectivity index (χ3n) is 3.44. The van der Waals surface area contributed by atoms with E-state index in [1.807, 2.05) is 0 Å². The highest BCUT2D eigenvalue weighted by atomic mass is 16.5. The average Bonchev–Trinajstić information content (AvgIpc) is 3.16. The standard InChI is InChI=1S/C15H17N3O3/c1-10-17-15(21-18-10)12-6-4-11(5-7-12)14(19)16-9-13-3-2-8-20-13/h4-7,13H,2-3,8-9H2,1H3,(H,16,19). The van der Waals surface area contributed by atoms with Crippen LogP contribution in [-0.4, -0.2) is 35.3 Å². The van der Waals surface area contributed by atoms with Crippen molar-refractivity contribution in [3.8, 4) is 11.5 Å². The van der Waals surface area contributed by atoms with Crippen LogP contribution in [-0.2, 0) is 4.74 Å². The van der Waals surface area contributed by atoms with Crippen LogP contribution in [0.15, 0.2) is 28.8 Å². The van der Waals surface area contributed by atoms with E-state index in [2.05, 4.69) is 15.5 Å². The first-order valence-corrected chi connectivity index (χ1v) is 7.03. The Morgan fingerprint density at radius 2 is 2.19 bits per heavy atom. The maximum Gasteiger partial charge on any atom is 0.257 e. The molecule has 1 N–H and O–H groups in total. The number of carbonyl (C=O) groups is 1. The van der Waals surface area contributed by atoms with Crippen molar-refractivity contribution < 1.29 is 14.1 Å². The zero-order chi connectivity index (χ0) is 14.7. The summed E-state index contributed by atoms with van der Waals surface area (Å²) in [6, 6.07) is 7.10. The summed E-state index contributed by atoms with van der Waals surface area (Å²) in [7, 11) is 0. The van der Waals surface area contributed by atoms with E-state index in [0.717, 1.165) is 25.0 Å². The molecule has 2 heterocycles. The predicted octanol–water partition coefficient (Wildman–Crippen LogP) is 1.95. The van der Waals surface area contributed by atoms with Crippen LogP contribution in [0, 0.1) is 6.92 Å². The Labute approximate surface area is 122 Å². The molecule has 1 atom stereocenters. The number of rotatable bonds is 4. The normalized spacial score (nSPS) is 17.9. The molecule has 1 aliphatic rings. The van der Waals surface area contributed by atoms with Crippen LogP contribution in [0.5, 0.6) is 0 Å². The number of carbonyl (C=O) groups excluding carboxylic acids is 1. The van der Waals surface area contributed by atoms with Gasteiger partial charge in [0.2, 0.25) is 0 Å². The second-order valence-electron chi connectivity index (χ2n) is 5.07. The van der Waals surface area contributed by atoms with Crippen LogP contribution < -0.4 is 5.32 Å². The van der Waals surface area contributed by atoms with Gasteiger partial charge in [-0.25, -0.2) is 0 Å². The highest BCUT2D eigenvalue weighted by Gasteiger charge is 2.16. The summed E-state index contributed by atoms with van der Waals surface area (Å²) in [5.41, 5.74) is 1.40. The van der Waals surface area contributed by atoms with E-state index in [9.17, 15) is 4.79 Å². The van der Waals surface area contributed by atoms with E-state index in [4.69, 9.17) is 9.26 Å². The fraction of sp³-hybridized carbons (Fsp3) is 0.400. The molecule has 1 aromatic heterocycles. The van der Waals surface area contributed by atoms with Crippen LogP contribution in [0.25, 0.3) is 11.5 Å². The number of aromatic nitrogens is 2. The van der Waals surface area contributed by atoms with E-state index in [0.29, 0.717) is 23.8 Å². The fourth-order valence-corrected chi connectivity index (χ4v) is 2.29. The summed E-state index contributed by atoms with van der Waals surface area (Å²) in [4.78, 5) is 16.2. The number of nitrogens with zero attached hydrogens (tertiary/aromatic N) is 2. The Morgan fingerprint density at radius 1 is 1.38 bits per heavy atom. The van der Waals surface area contributed by atoms with Gasteiger partial charge in [-0.1, -0.05) is 5.16 Å². The van der Waals surface area contributed by atoms with Crippen molar-refractivity contribution in [1.82, 2.24) is 15.5 Å². The van der Waals surface area contributed by atoms with Gasteiger partial charge in [0.15, 0.2) is 5.82 Å². The van der Waals surface area contributed by atoms with Crippen LogP contribution >= 0.6 is 0 Å². The lowest BCUT2D eigenvalue weighted by atomic mass is 10.1. The first-order chi connectivity index (χ1) is 10.2. The number of ether oxygens (including phenoxy) is 1. The monoisotopic (exact) mass is 287 g/mol. The molecular formula is C15H17N3O3. The zero-order valence-electron chi connectivity index (χ0n) is 11.8. The van der Waals surface area contributed by atoms with Crippen molar-refractivity contribution in [2.45, 2.75) is 25.9 Å². The SMILES string of the molecule is Cc1noc(-c2ccc(C(=O)NCC3CCCO3)cc2)n1. The molecule has 0 saturated carbocycles. The molecule has 2 aromatic rings. The van der Waals surface area contributed by atoms with E-state index in [-0.39, 0.29) is 12.0 Å². The molecule has 110 valence electrons. The van der Waals surface area contributed by atoms with E-state index in [1.54, 1.807) is 31.2 Å². The van der Waals surface area contributed by atoms with Gasteiger partial charge in [-0.3, -0.25) is 4.79 Å². The fourth-order valence-electron chi connectivity index (χ4n) is 2.29. The minimum Gasteiger partial charge on any atom is -0.376 e. The summed E-state index contributed by atoms with van der Waals surface area (Å²) < 4.78 is 10.6. The first kappa shape index (κ1) is 13.8.